The van der Waals surface area contributed by atoms with Gasteiger partial charge in [-0.1, -0.05) is 27.7 Å². The largest absolute Gasteiger partial charge is 0.488 e. The van der Waals surface area contributed by atoms with Crippen LogP contribution in [0.1, 0.15) is 57.1 Å². The minimum Gasteiger partial charge on any atom is -0.373 e. The summed E-state index contributed by atoms with van der Waals surface area (Å²) in [6.07, 6.45) is 5.05. The van der Waals surface area contributed by atoms with Gasteiger partial charge in [-0.25, -0.2) is 0 Å². The number of carbonyl (C=O) groups excluding carboxylic acids is 1. The van der Waals surface area contributed by atoms with Crippen LogP contribution < -0.4 is 8.37 Å². The molecule has 7 nitrogen and oxygen atoms in total. The van der Waals surface area contributed by atoms with Gasteiger partial charge in [-0.05, 0) is 96.9 Å². The van der Waals surface area contributed by atoms with E-state index in [1.807, 2.05) is 6.07 Å². The van der Waals surface area contributed by atoms with Crippen LogP contribution in [-0.2, 0) is 37.5 Å². The summed E-state index contributed by atoms with van der Waals surface area (Å²) >= 11 is 0. The fraction of sp³-hybridized carbons (Fsp3) is 0.480. The van der Waals surface area contributed by atoms with Crippen LogP contribution in [0.3, 0.4) is 0 Å². The van der Waals surface area contributed by atoms with Gasteiger partial charge in [-0.3, -0.25) is 4.79 Å². The average Bonchev–Trinajstić information content (AvgIpc) is 3.08. The monoisotopic (exact) mass is 539 g/mol. The summed E-state index contributed by atoms with van der Waals surface area (Å²) in [6, 6.07) is 9.57. The maximum absolute atomic E-state index is 14.8. The molecule has 2 fully saturated rings. The van der Waals surface area contributed by atoms with Gasteiger partial charge in [-0.2, -0.15) is 12.6 Å². The van der Waals surface area contributed by atoms with E-state index < -0.39 is 20.9 Å². The Labute approximate surface area is 210 Å². The molecule has 3 aliphatic carbocycles. The zero-order chi connectivity index (χ0) is 25.9. The lowest BCUT2D eigenvalue weighted by atomic mass is 9.49. The number of fused-ring (bicyclic) bond motifs is 5. The molecule has 194 valence electrons. The van der Waals surface area contributed by atoms with Gasteiger partial charge in [0.25, 0.3) is 0 Å². The molecule has 0 radical (unpaired) electrons. The van der Waals surface area contributed by atoms with Crippen LogP contribution in [-0.4, -0.2) is 18.4 Å². The second-order valence-corrected chi connectivity index (χ2v) is 12.6. The van der Waals surface area contributed by atoms with Gasteiger partial charge in [0.05, 0.1) is 5.69 Å². The van der Waals surface area contributed by atoms with Gasteiger partial charge in [0.15, 0.2) is 0 Å². The third-order valence-electron chi connectivity index (χ3n) is 8.47. The minimum atomic E-state index is -5.20. The molecule has 0 bridgehead atoms. The highest BCUT2D eigenvalue weighted by Gasteiger charge is 2.58. The van der Waals surface area contributed by atoms with Gasteiger partial charge < -0.3 is 8.37 Å². The Balaban J connectivity index is 1.36. The number of hydrogen-bond donors (Lipinski definition) is 0. The zero-order valence-corrected chi connectivity index (χ0v) is 21.5. The molecule has 2 aromatic carbocycles. The smallest absolute Gasteiger partial charge is 0.373 e. The molecule has 36 heavy (non-hydrogen) atoms. The van der Waals surface area contributed by atoms with E-state index >= 15 is 0 Å². The number of benzene rings is 2. The van der Waals surface area contributed by atoms with Gasteiger partial charge in [0.2, 0.25) is 0 Å². The van der Waals surface area contributed by atoms with Crippen LogP contribution in [0.5, 0.6) is 11.5 Å². The third kappa shape index (κ3) is 4.51. The molecule has 2 aromatic rings. The van der Waals surface area contributed by atoms with E-state index in [2.05, 4.69) is 22.4 Å². The molecule has 0 spiro atoms. The molecule has 3 aliphatic rings. The van der Waals surface area contributed by atoms with Crippen molar-refractivity contribution < 1.29 is 33.6 Å². The Morgan fingerprint density at radius 3 is 2.17 bits per heavy atom. The first kappa shape index (κ1) is 25.1. The minimum absolute atomic E-state index is 0.0840. The Morgan fingerprint density at radius 1 is 0.861 bits per heavy atom. The molecule has 0 aliphatic heterocycles. The highest BCUT2D eigenvalue weighted by atomic mass is 32.3. The van der Waals surface area contributed by atoms with Gasteiger partial charge in [-0.15, -0.1) is 4.36 Å². The first-order chi connectivity index (χ1) is 16.8. The molecular weight excluding hydrogens is 512 g/mol. The number of ketones is 1. The second kappa shape index (κ2) is 8.51. The van der Waals surface area contributed by atoms with Crippen molar-refractivity contribution in [3.8, 4) is 11.5 Å². The zero-order valence-electron chi connectivity index (χ0n) is 19.9. The summed E-state index contributed by atoms with van der Waals surface area (Å²) in [5, 5.41) is 0. The molecule has 0 N–H and O–H groups in total. The predicted octanol–water partition coefficient (Wildman–Crippen LogP) is 5.86. The summed E-state index contributed by atoms with van der Waals surface area (Å²) in [5.74, 6) is 0.918. The van der Waals surface area contributed by atoms with E-state index in [1.54, 1.807) is 12.1 Å². The Kier molecular flexibility index (Phi) is 5.94. The Hall–Kier alpha value is -2.53. The number of carbonyl (C=O) groups is 1. The molecular formula is C25H27F2NO6S2. The first-order valence-corrected chi connectivity index (χ1v) is 14.5. The van der Waals surface area contributed by atoms with E-state index in [-0.39, 0.29) is 28.0 Å². The third-order valence-corrected chi connectivity index (χ3v) is 9.69. The number of aryl methyl sites for hydroxylation is 1. The van der Waals surface area contributed by atoms with E-state index in [0.717, 1.165) is 61.9 Å². The van der Waals surface area contributed by atoms with Crippen molar-refractivity contribution in [3.63, 3.8) is 0 Å². The quantitative estimate of drug-likeness (QED) is 0.442. The Morgan fingerprint density at radius 2 is 1.47 bits per heavy atom. The van der Waals surface area contributed by atoms with Crippen molar-refractivity contribution in [1.29, 1.82) is 0 Å². The highest BCUT2D eigenvalue weighted by Crippen LogP contribution is 2.62. The fourth-order valence-corrected chi connectivity index (χ4v) is 7.80. The lowest BCUT2D eigenvalue weighted by Gasteiger charge is -2.54. The Bertz CT molecular complexity index is 1450. The summed E-state index contributed by atoms with van der Waals surface area (Å²) < 4.78 is 73.5. The van der Waals surface area contributed by atoms with Crippen LogP contribution in [0.15, 0.2) is 46.8 Å². The first-order valence-electron chi connectivity index (χ1n) is 11.9. The maximum atomic E-state index is 14.8. The maximum Gasteiger partial charge on any atom is 0.488 e. The van der Waals surface area contributed by atoms with Crippen LogP contribution in [0.25, 0.3) is 0 Å². The molecule has 2 saturated carbocycles. The molecule has 0 saturated heterocycles. The van der Waals surface area contributed by atoms with Crippen LogP contribution in [0, 0.1) is 17.3 Å². The van der Waals surface area contributed by atoms with Crippen LogP contribution >= 0.6 is 0 Å². The van der Waals surface area contributed by atoms with Gasteiger partial charge >= 0.3 is 20.9 Å². The second-order valence-electron chi connectivity index (χ2n) is 10.4. The average molecular weight is 540 g/mol. The summed E-state index contributed by atoms with van der Waals surface area (Å²) in [4.78, 5) is 12.6. The van der Waals surface area contributed by atoms with Crippen molar-refractivity contribution in [2.45, 2.75) is 57.8 Å². The van der Waals surface area contributed by atoms with Crippen LogP contribution in [0.4, 0.5) is 13.5 Å². The van der Waals surface area contributed by atoms with E-state index in [1.165, 1.54) is 5.56 Å². The van der Waals surface area contributed by atoms with Gasteiger partial charge in [0.1, 0.15) is 17.3 Å². The van der Waals surface area contributed by atoms with Crippen molar-refractivity contribution in [2.24, 2.45) is 21.6 Å². The molecule has 11 heteroatoms. The fourth-order valence-electron chi connectivity index (χ4n) is 6.71. The van der Waals surface area contributed by atoms with Crippen molar-refractivity contribution in [1.82, 2.24) is 0 Å². The van der Waals surface area contributed by atoms with Crippen molar-refractivity contribution in [2.75, 3.05) is 0 Å². The summed E-state index contributed by atoms with van der Waals surface area (Å²) in [5.41, 5.74) is 1.78. The number of Topliss-reactive ketones (excluding diaryl/α,β-unsaturated/α-hetero) is 1. The van der Waals surface area contributed by atoms with E-state index in [4.69, 9.17) is 4.18 Å². The number of halogens is 2. The molecule has 5 atom stereocenters. The topological polar surface area (TPSA) is 99.1 Å². The number of hydrogen-bond acceptors (Lipinski definition) is 7. The van der Waals surface area contributed by atoms with Crippen LogP contribution in [0.2, 0.25) is 0 Å². The molecule has 5 rings (SSSR count). The van der Waals surface area contributed by atoms with E-state index in [0.29, 0.717) is 24.0 Å². The number of nitrogens with zero attached hydrogens (tertiary/aromatic N) is 1. The predicted molar refractivity (Wildman–Crippen MR) is 130 cm³/mol. The molecule has 0 aromatic heterocycles. The molecule has 0 heterocycles. The normalized spacial score (nSPS) is 30.9. The van der Waals surface area contributed by atoms with Crippen molar-refractivity contribution in [3.05, 3.63) is 53.6 Å². The summed E-state index contributed by atoms with van der Waals surface area (Å²) in [6.45, 7) is 4.39. The molecule has 2 unspecified atom stereocenters. The summed E-state index contributed by atoms with van der Waals surface area (Å²) in [7, 11) is -9.82. The lowest BCUT2D eigenvalue weighted by molar-refractivity contribution is -0.130. The standard InChI is InChI=1S/C25H27F2NO6S2/c1-24-13-14-25(2)22(11-12-23(25)29)21(24)9-3-16-15-19(8-10-20(16)24)33-35(26,30)28-17-4-6-18(7-5-17)34-36(27,31)32/h4-8,10,15,21-22H,3,9,11-14H2,1-2H3/t21-,22?,24+,25-,35?/m0/s1. The van der Waals surface area contributed by atoms with Crippen molar-refractivity contribution >= 4 is 32.4 Å². The number of rotatable bonds is 5. The molecule has 0 amide bonds. The SMILES string of the molecule is C[C@]12CC[C@]3(C)c4ccc(OS(=O)(F)=Nc5ccc(OS(=O)(=O)F)cc5)cc4CC[C@H]3C1CCC2=O. The lowest BCUT2D eigenvalue weighted by Crippen LogP contribution is -2.50. The van der Waals surface area contributed by atoms with Gasteiger partial charge in [0, 0.05) is 11.8 Å². The highest BCUT2D eigenvalue weighted by molar-refractivity contribution is 7.84. The van der Waals surface area contributed by atoms with E-state index in [9.17, 15) is 25.2 Å².